The Morgan fingerprint density at radius 3 is 2.94 bits per heavy atom. The van der Waals surface area contributed by atoms with Crippen molar-refractivity contribution >= 4 is 23.4 Å². The number of carboxylic acids is 1. The lowest BCUT2D eigenvalue weighted by Gasteiger charge is -2.24. The molecule has 1 unspecified atom stereocenters. The highest BCUT2D eigenvalue weighted by Gasteiger charge is 2.31. The molecule has 0 saturated carbocycles. The van der Waals surface area contributed by atoms with E-state index in [0.717, 1.165) is 29.3 Å². The molecule has 5 heteroatoms. The van der Waals surface area contributed by atoms with Crippen LogP contribution >= 0.6 is 11.8 Å². The fourth-order valence-electron chi connectivity index (χ4n) is 2.12. The van der Waals surface area contributed by atoms with Crippen LogP contribution in [0.15, 0.2) is 23.1 Å². The number of rotatable bonds is 5. The second-order valence-corrected chi connectivity index (χ2v) is 5.42. The predicted octanol–water partition coefficient (Wildman–Crippen LogP) is 2.82. The van der Waals surface area contributed by atoms with Crippen LogP contribution in [0.4, 0.5) is 5.69 Å². The maximum absolute atomic E-state index is 10.9. The minimum Gasteiger partial charge on any atom is -0.497 e. The first-order chi connectivity index (χ1) is 8.65. The normalized spacial score (nSPS) is 17.7. The first-order valence-corrected chi connectivity index (χ1v) is 6.86. The van der Waals surface area contributed by atoms with Gasteiger partial charge in [-0.05, 0) is 24.6 Å². The first kappa shape index (κ1) is 13.1. The summed E-state index contributed by atoms with van der Waals surface area (Å²) in [5.41, 5.74) is 1.12. The molecule has 2 rings (SSSR count). The van der Waals surface area contributed by atoms with Crippen molar-refractivity contribution in [3.05, 3.63) is 18.2 Å². The molecule has 18 heavy (non-hydrogen) atoms. The highest BCUT2D eigenvalue weighted by Crippen LogP contribution is 2.46. The zero-order chi connectivity index (χ0) is 13.1. The fraction of sp³-hybridized carbons (Fsp3) is 0.462. The van der Waals surface area contributed by atoms with Crippen molar-refractivity contribution in [1.82, 2.24) is 0 Å². The van der Waals surface area contributed by atoms with Gasteiger partial charge in [0.25, 0.3) is 0 Å². The van der Waals surface area contributed by atoms with Gasteiger partial charge in [-0.3, -0.25) is 4.79 Å². The number of benzene rings is 1. The van der Waals surface area contributed by atoms with Crippen LogP contribution in [0.3, 0.4) is 0 Å². The Bertz CT molecular complexity index is 450. The summed E-state index contributed by atoms with van der Waals surface area (Å²) in [6, 6.07) is 5.91. The van der Waals surface area contributed by atoms with E-state index in [1.54, 1.807) is 18.9 Å². The summed E-state index contributed by atoms with van der Waals surface area (Å²) in [6.07, 6.45) is 1.16. The summed E-state index contributed by atoms with van der Waals surface area (Å²) in [7, 11) is 1.64. The Hall–Kier alpha value is -1.36. The van der Waals surface area contributed by atoms with Gasteiger partial charge in [0.15, 0.2) is 0 Å². The fourth-order valence-corrected chi connectivity index (χ4v) is 3.48. The summed E-state index contributed by atoms with van der Waals surface area (Å²) in [5.74, 6) is 0.0575. The second kappa shape index (κ2) is 5.52. The van der Waals surface area contributed by atoms with Crippen LogP contribution in [0.2, 0.25) is 0 Å². The Kier molecular flexibility index (Phi) is 4.01. The van der Waals surface area contributed by atoms with Gasteiger partial charge >= 0.3 is 5.97 Å². The van der Waals surface area contributed by atoms with Gasteiger partial charge in [-0.15, -0.1) is 0 Å². The molecule has 0 aliphatic carbocycles. The first-order valence-electron chi connectivity index (χ1n) is 5.98. The van der Waals surface area contributed by atoms with Crippen molar-refractivity contribution in [2.45, 2.75) is 30.0 Å². The second-order valence-electron chi connectivity index (χ2n) is 4.20. The zero-order valence-corrected chi connectivity index (χ0v) is 11.4. The molecule has 0 fully saturated rings. The SMILES string of the molecule is CCCN1c2ccc(OC)cc2SC1CC(=O)O. The van der Waals surface area contributed by atoms with Crippen LogP contribution in [0, 0.1) is 0 Å². The quantitative estimate of drug-likeness (QED) is 0.889. The van der Waals surface area contributed by atoms with Crippen LogP contribution in [0.1, 0.15) is 19.8 Å². The van der Waals surface area contributed by atoms with Gasteiger partial charge in [0.05, 0.1) is 24.6 Å². The van der Waals surface area contributed by atoms with E-state index in [1.165, 1.54) is 0 Å². The van der Waals surface area contributed by atoms with Crippen molar-refractivity contribution in [2.75, 3.05) is 18.6 Å². The van der Waals surface area contributed by atoms with Crippen LogP contribution in [0.5, 0.6) is 5.75 Å². The minimum absolute atomic E-state index is 0.00967. The highest BCUT2D eigenvalue weighted by molar-refractivity contribution is 8.00. The molecule has 98 valence electrons. The number of aliphatic carboxylic acids is 1. The van der Waals surface area contributed by atoms with Crippen molar-refractivity contribution in [3.63, 3.8) is 0 Å². The Labute approximate surface area is 111 Å². The number of hydrogen-bond acceptors (Lipinski definition) is 4. The average molecular weight is 267 g/mol. The number of anilines is 1. The molecule has 1 aromatic rings. The number of fused-ring (bicyclic) bond motifs is 1. The van der Waals surface area contributed by atoms with Gasteiger partial charge in [0.2, 0.25) is 0 Å². The van der Waals surface area contributed by atoms with Gasteiger partial charge in [0, 0.05) is 11.4 Å². The van der Waals surface area contributed by atoms with Crippen LogP contribution in [-0.2, 0) is 4.79 Å². The lowest BCUT2D eigenvalue weighted by Crippen LogP contribution is -2.31. The number of hydrogen-bond donors (Lipinski definition) is 1. The van der Waals surface area contributed by atoms with Gasteiger partial charge < -0.3 is 14.7 Å². The molecule has 4 nitrogen and oxygen atoms in total. The van der Waals surface area contributed by atoms with Crippen molar-refractivity contribution in [2.24, 2.45) is 0 Å². The van der Waals surface area contributed by atoms with E-state index in [2.05, 4.69) is 11.8 Å². The molecule has 0 radical (unpaired) electrons. The molecular formula is C13H17NO3S. The number of carboxylic acid groups (broad SMARTS) is 1. The van der Waals surface area contributed by atoms with E-state index in [0.29, 0.717) is 0 Å². The van der Waals surface area contributed by atoms with Crippen molar-refractivity contribution < 1.29 is 14.6 Å². The summed E-state index contributed by atoms with van der Waals surface area (Å²) in [5, 5.41) is 8.97. The third-order valence-corrected chi connectivity index (χ3v) is 4.17. The number of methoxy groups -OCH3 is 1. The molecular weight excluding hydrogens is 250 g/mol. The molecule has 1 aliphatic rings. The number of thioether (sulfide) groups is 1. The van der Waals surface area contributed by atoms with Crippen LogP contribution in [-0.4, -0.2) is 30.1 Å². The molecule has 1 heterocycles. The Morgan fingerprint density at radius 1 is 1.56 bits per heavy atom. The average Bonchev–Trinajstić information content (AvgIpc) is 2.66. The minimum atomic E-state index is -0.756. The molecule has 1 aromatic carbocycles. The standard InChI is InChI=1S/C13H17NO3S/c1-3-6-14-10-5-4-9(17-2)7-11(10)18-12(14)8-13(15)16/h4-5,7,12H,3,6,8H2,1-2H3,(H,15,16). The van der Waals surface area contributed by atoms with Crippen LogP contribution < -0.4 is 9.64 Å². The molecule has 0 bridgehead atoms. The van der Waals surface area contributed by atoms with E-state index >= 15 is 0 Å². The Morgan fingerprint density at radius 2 is 2.33 bits per heavy atom. The van der Waals surface area contributed by atoms with E-state index in [-0.39, 0.29) is 11.8 Å². The van der Waals surface area contributed by atoms with E-state index in [1.807, 2.05) is 18.2 Å². The summed E-state index contributed by atoms with van der Waals surface area (Å²) >= 11 is 1.61. The monoisotopic (exact) mass is 267 g/mol. The van der Waals surface area contributed by atoms with E-state index < -0.39 is 5.97 Å². The number of ether oxygens (including phenoxy) is 1. The van der Waals surface area contributed by atoms with Gasteiger partial charge in [-0.2, -0.15) is 0 Å². The smallest absolute Gasteiger partial charge is 0.306 e. The highest BCUT2D eigenvalue weighted by atomic mass is 32.2. The lowest BCUT2D eigenvalue weighted by atomic mass is 10.2. The molecule has 0 saturated heterocycles. The maximum Gasteiger partial charge on any atom is 0.306 e. The van der Waals surface area contributed by atoms with Crippen LogP contribution in [0.25, 0.3) is 0 Å². The van der Waals surface area contributed by atoms with Crippen molar-refractivity contribution in [3.8, 4) is 5.75 Å². The van der Waals surface area contributed by atoms with E-state index in [9.17, 15) is 4.79 Å². The summed E-state index contributed by atoms with van der Waals surface area (Å²) in [6.45, 7) is 2.98. The van der Waals surface area contributed by atoms with Crippen molar-refractivity contribution in [1.29, 1.82) is 0 Å². The molecule has 1 N–H and O–H groups in total. The zero-order valence-electron chi connectivity index (χ0n) is 10.5. The van der Waals surface area contributed by atoms with E-state index in [4.69, 9.17) is 9.84 Å². The number of nitrogens with zero attached hydrogens (tertiary/aromatic N) is 1. The predicted molar refractivity (Wildman–Crippen MR) is 72.5 cm³/mol. The third-order valence-electron chi connectivity index (χ3n) is 2.90. The van der Waals surface area contributed by atoms with Gasteiger partial charge in [0.1, 0.15) is 5.75 Å². The summed E-state index contributed by atoms with van der Waals surface area (Å²) in [4.78, 5) is 14.2. The lowest BCUT2D eigenvalue weighted by molar-refractivity contribution is -0.136. The topological polar surface area (TPSA) is 49.8 Å². The largest absolute Gasteiger partial charge is 0.497 e. The molecule has 1 aliphatic heterocycles. The summed E-state index contributed by atoms with van der Waals surface area (Å²) < 4.78 is 5.20. The molecule has 0 amide bonds. The Balaban J connectivity index is 2.26. The molecule has 1 atom stereocenters. The molecule has 0 aromatic heterocycles. The maximum atomic E-state index is 10.9. The third kappa shape index (κ3) is 2.56. The van der Waals surface area contributed by atoms with Gasteiger partial charge in [-0.1, -0.05) is 18.7 Å². The molecule has 0 spiro atoms. The van der Waals surface area contributed by atoms with Gasteiger partial charge in [-0.25, -0.2) is 0 Å². The number of carbonyl (C=O) groups is 1.